The van der Waals surface area contributed by atoms with Gasteiger partial charge in [-0.2, -0.15) is 13.2 Å². The molecule has 20 heavy (non-hydrogen) atoms. The highest BCUT2D eigenvalue weighted by Gasteiger charge is 2.31. The minimum absolute atomic E-state index is 0.104. The summed E-state index contributed by atoms with van der Waals surface area (Å²) in [5.74, 6) is -1.45. The SMILES string of the molecule is NCCNC(=O)Nc1cc(C(F)(F)F)ccc1C(=O)O. The second-order valence-corrected chi connectivity index (χ2v) is 3.73. The number of nitrogens with one attached hydrogen (secondary N) is 2. The molecule has 9 heteroatoms. The van der Waals surface area contributed by atoms with Crippen LogP contribution in [0.2, 0.25) is 0 Å². The van der Waals surface area contributed by atoms with Crippen LogP contribution in [0.4, 0.5) is 23.7 Å². The third-order valence-corrected chi connectivity index (χ3v) is 2.26. The maximum Gasteiger partial charge on any atom is 0.416 e. The Hall–Kier alpha value is -2.29. The number of carboxylic acids is 1. The fourth-order valence-corrected chi connectivity index (χ4v) is 1.36. The van der Waals surface area contributed by atoms with Crippen LogP contribution in [-0.2, 0) is 6.18 Å². The highest BCUT2D eigenvalue weighted by Crippen LogP contribution is 2.32. The van der Waals surface area contributed by atoms with Gasteiger partial charge < -0.3 is 21.5 Å². The van der Waals surface area contributed by atoms with Crippen LogP contribution in [-0.4, -0.2) is 30.2 Å². The summed E-state index contributed by atoms with van der Waals surface area (Å²) >= 11 is 0. The zero-order valence-corrected chi connectivity index (χ0v) is 10.1. The van der Waals surface area contributed by atoms with E-state index in [4.69, 9.17) is 10.8 Å². The Bertz CT molecular complexity index is 517. The van der Waals surface area contributed by atoms with Crippen LogP contribution in [0.3, 0.4) is 0 Å². The lowest BCUT2D eigenvalue weighted by Crippen LogP contribution is -2.33. The summed E-state index contributed by atoms with van der Waals surface area (Å²) in [7, 11) is 0. The van der Waals surface area contributed by atoms with E-state index in [1.165, 1.54) is 0 Å². The number of carbonyl (C=O) groups excluding carboxylic acids is 1. The van der Waals surface area contributed by atoms with Crippen LogP contribution in [0.15, 0.2) is 18.2 Å². The van der Waals surface area contributed by atoms with Gasteiger partial charge in [-0.05, 0) is 18.2 Å². The molecule has 0 aliphatic rings. The van der Waals surface area contributed by atoms with E-state index >= 15 is 0 Å². The molecular weight excluding hydrogens is 279 g/mol. The largest absolute Gasteiger partial charge is 0.478 e. The predicted molar refractivity (Wildman–Crippen MR) is 64.5 cm³/mol. The van der Waals surface area contributed by atoms with Gasteiger partial charge in [0.05, 0.1) is 16.8 Å². The molecular formula is C11H12F3N3O3. The summed E-state index contributed by atoms with van der Waals surface area (Å²) in [6.45, 7) is 0.245. The van der Waals surface area contributed by atoms with Gasteiger partial charge >= 0.3 is 18.2 Å². The quantitative estimate of drug-likeness (QED) is 0.674. The zero-order valence-electron chi connectivity index (χ0n) is 10.1. The fraction of sp³-hybridized carbons (Fsp3) is 0.273. The highest BCUT2D eigenvalue weighted by molar-refractivity contribution is 6.00. The summed E-state index contributed by atoms with van der Waals surface area (Å²) in [5.41, 5.74) is 3.20. The molecule has 110 valence electrons. The molecule has 1 aromatic rings. The van der Waals surface area contributed by atoms with Crippen LogP contribution < -0.4 is 16.4 Å². The van der Waals surface area contributed by atoms with E-state index in [1.807, 2.05) is 0 Å². The van der Waals surface area contributed by atoms with Gasteiger partial charge in [0.15, 0.2) is 0 Å². The van der Waals surface area contributed by atoms with Crippen molar-refractivity contribution < 1.29 is 27.9 Å². The lowest BCUT2D eigenvalue weighted by atomic mass is 10.1. The number of urea groups is 1. The van der Waals surface area contributed by atoms with Crippen molar-refractivity contribution in [2.45, 2.75) is 6.18 Å². The van der Waals surface area contributed by atoms with Gasteiger partial charge in [-0.15, -0.1) is 0 Å². The Morgan fingerprint density at radius 1 is 1.30 bits per heavy atom. The van der Waals surface area contributed by atoms with Crippen molar-refractivity contribution in [3.63, 3.8) is 0 Å². The minimum Gasteiger partial charge on any atom is -0.478 e. The highest BCUT2D eigenvalue weighted by atomic mass is 19.4. The number of nitrogens with two attached hydrogens (primary N) is 1. The van der Waals surface area contributed by atoms with E-state index in [9.17, 15) is 22.8 Å². The van der Waals surface area contributed by atoms with Crippen molar-refractivity contribution in [1.29, 1.82) is 0 Å². The molecule has 0 bridgehead atoms. The Morgan fingerprint density at radius 3 is 2.45 bits per heavy atom. The first-order valence-corrected chi connectivity index (χ1v) is 5.45. The van der Waals surface area contributed by atoms with Crippen LogP contribution in [0, 0.1) is 0 Å². The first-order valence-electron chi connectivity index (χ1n) is 5.45. The lowest BCUT2D eigenvalue weighted by molar-refractivity contribution is -0.137. The summed E-state index contributed by atoms with van der Waals surface area (Å²) in [6, 6.07) is 1.14. The van der Waals surface area contributed by atoms with E-state index in [0.29, 0.717) is 12.1 Å². The van der Waals surface area contributed by atoms with E-state index in [1.54, 1.807) is 0 Å². The second-order valence-electron chi connectivity index (χ2n) is 3.73. The van der Waals surface area contributed by atoms with Crippen molar-refractivity contribution in [2.75, 3.05) is 18.4 Å². The number of rotatable bonds is 4. The molecule has 0 aliphatic heterocycles. The van der Waals surface area contributed by atoms with Gasteiger partial charge in [-0.25, -0.2) is 9.59 Å². The van der Waals surface area contributed by atoms with Gasteiger partial charge in [0.25, 0.3) is 0 Å². The maximum absolute atomic E-state index is 12.5. The molecule has 1 rings (SSSR count). The number of aromatic carboxylic acids is 1. The number of anilines is 1. The topological polar surface area (TPSA) is 104 Å². The Balaban J connectivity index is 3.06. The van der Waals surface area contributed by atoms with Crippen molar-refractivity contribution >= 4 is 17.7 Å². The zero-order chi connectivity index (χ0) is 15.3. The van der Waals surface area contributed by atoms with Gasteiger partial charge in [0, 0.05) is 13.1 Å². The van der Waals surface area contributed by atoms with E-state index < -0.39 is 35.0 Å². The molecule has 0 aromatic heterocycles. The van der Waals surface area contributed by atoms with Crippen molar-refractivity contribution in [3.05, 3.63) is 29.3 Å². The Labute approximate surface area is 111 Å². The molecule has 1 aromatic carbocycles. The molecule has 2 amide bonds. The van der Waals surface area contributed by atoms with Gasteiger partial charge in [0.1, 0.15) is 0 Å². The molecule has 6 nitrogen and oxygen atoms in total. The first-order chi connectivity index (χ1) is 9.25. The number of halogens is 3. The summed E-state index contributed by atoms with van der Waals surface area (Å²) < 4.78 is 37.6. The monoisotopic (exact) mass is 291 g/mol. The number of carbonyl (C=O) groups is 2. The smallest absolute Gasteiger partial charge is 0.416 e. The van der Waals surface area contributed by atoms with Crippen molar-refractivity contribution in [2.24, 2.45) is 5.73 Å². The number of alkyl halides is 3. The number of amides is 2. The number of hydrogen-bond acceptors (Lipinski definition) is 3. The molecule has 0 spiro atoms. The normalized spacial score (nSPS) is 11.0. The molecule has 0 heterocycles. The maximum atomic E-state index is 12.5. The fourth-order valence-electron chi connectivity index (χ4n) is 1.36. The third-order valence-electron chi connectivity index (χ3n) is 2.26. The number of hydrogen-bond donors (Lipinski definition) is 4. The number of benzene rings is 1. The van der Waals surface area contributed by atoms with Gasteiger partial charge in [0.2, 0.25) is 0 Å². The summed E-state index contributed by atoms with van der Waals surface area (Å²) in [5, 5.41) is 13.2. The number of carboxylic acid groups (broad SMARTS) is 1. The average molecular weight is 291 g/mol. The Morgan fingerprint density at radius 2 is 1.95 bits per heavy atom. The summed E-state index contributed by atoms with van der Waals surface area (Å²) in [6.07, 6.45) is -4.64. The van der Waals surface area contributed by atoms with E-state index in [2.05, 4.69) is 10.6 Å². The third kappa shape index (κ3) is 4.12. The van der Waals surface area contributed by atoms with Crippen LogP contribution >= 0.6 is 0 Å². The first kappa shape index (κ1) is 15.8. The molecule has 0 saturated carbocycles. The molecule has 0 unspecified atom stereocenters. The average Bonchev–Trinajstić information content (AvgIpc) is 2.34. The molecule has 0 saturated heterocycles. The minimum atomic E-state index is -4.64. The Kier molecular flexibility index (Phi) is 4.92. The van der Waals surface area contributed by atoms with Crippen LogP contribution in [0.25, 0.3) is 0 Å². The lowest BCUT2D eigenvalue weighted by Gasteiger charge is -2.13. The van der Waals surface area contributed by atoms with Gasteiger partial charge in [-0.1, -0.05) is 0 Å². The molecule has 5 N–H and O–H groups in total. The molecule has 0 aliphatic carbocycles. The van der Waals surface area contributed by atoms with Crippen LogP contribution in [0.1, 0.15) is 15.9 Å². The standard InChI is InChI=1S/C11H12F3N3O3/c12-11(13,14)6-1-2-7(9(18)19)8(5-6)17-10(20)16-4-3-15/h1-2,5H,3-4,15H2,(H,18,19)(H2,16,17,20). The molecule has 0 radical (unpaired) electrons. The van der Waals surface area contributed by atoms with Crippen molar-refractivity contribution in [1.82, 2.24) is 5.32 Å². The van der Waals surface area contributed by atoms with Gasteiger partial charge in [-0.3, -0.25) is 0 Å². The second kappa shape index (κ2) is 6.24. The van der Waals surface area contributed by atoms with Crippen LogP contribution in [0.5, 0.6) is 0 Å². The van der Waals surface area contributed by atoms with E-state index in [-0.39, 0.29) is 13.1 Å². The predicted octanol–water partition coefficient (Wildman–Crippen LogP) is 1.48. The summed E-state index contributed by atoms with van der Waals surface area (Å²) in [4.78, 5) is 22.3. The van der Waals surface area contributed by atoms with Crippen molar-refractivity contribution in [3.8, 4) is 0 Å². The molecule has 0 fully saturated rings. The van der Waals surface area contributed by atoms with E-state index in [0.717, 1.165) is 6.07 Å². The molecule has 0 atom stereocenters.